The van der Waals surface area contributed by atoms with E-state index in [-0.39, 0.29) is 11.8 Å². The molecule has 45 heavy (non-hydrogen) atoms. The lowest BCUT2D eigenvalue weighted by molar-refractivity contribution is -0.116. The summed E-state index contributed by atoms with van der Waals surface area (Å²) in [5.41, 5.74) is 5.76. The van der Waals surface area contributed by atoms with E-state index in [4.69, 9.17) is 4.98 Å². The molecule has 9 nitrogen and oxygen atoms in total. The van der Waals surface area contributed by atoms with Gasteiger partial charge in [0.25, 0.3) is 0 Å². The number of nitrogens with one attached hydrogen (secondary N) is 3. The van der Waals surface area contributed by atoms with E-state index in [0.717, 1.165) is 12.1 Å². The molecule has 0 saturated carbocycles. The van der Waals surface area contributed by atoms with Crippen LogP contribution in [0.1, 0.15) is 37.2 Å². The molecule has 0 atom stereocenters. The molecule has 6 rings (SSSR count). The molecule has 5 aromatic rings. The number of fused-ring (bicyclic) bond motifs is 2. The number of amides is 1. The van der Waals surface area contributed by atoms with Gasteiger partial charge in [0.15, 0.2) is 5.82 Å². The first-order valence-corrected chi connectivity index (χ1v) is 14.8. The van der Waals surface area contributed by atoms with Crippen LogP contribution in [0, 0.1) is 17.6 Å². The van der Waals surface area contributed by atoms with Crippen molar-refractivity contribution in [2.45, 2.75) is 26.8 Å². The summed E-state index contributed by atoms with van der Waals surface area (Å²) in [6.07, 6.45) is 5.12. The smallest absolute Gasteiger partial charge is 0.224 e. The molecule has 0 spiro atoms. The number of rotatable bonds is 10. The third kappa shape index (κ3) is 6.44. The van der Waals surface area contributed by atoms with Crippen LogP contribution in [-0.2, 0) is 11.3 Å². The van der Waals surface area contributed by atoms with Gasteiger partial charge in [0.1, 0.15) is 22.9 Å². The highest BCUT2D eigenvalue weighted by atomic mass is 19.1. The number of imidazole rings is 1. The van der Waals surface area contributed by atoms with Gasteiger partial charge < -0.3 is 20.5 Å². The Hall–Kier alpha value is -5.03. The first-order chi connectivity index (χ1) is 21.7. The Morgan fingerprint density at radius 1 is 1.04 bits per heavy atom. The molecule has 0 bridgehead atoms. The summed E-state index contributed by atoms with van der Waals surface area (Å²) in [5.74, 6) is -0.367. The highest BCUT2D eigenvalue weighted by Crippen LogP contribution is 2.34. The van der Waals surface area contributed by atoms with Crippen molar-refractivity contribution < 1.29 is 13.6 Å². The van der Waals surface area contributed by atoms with E-state index in [2.05, 4.69) is 30.6 Å². The molecule has 0 radical (unpaired) electrons. The molecular weight excluding hydrogens is 574 g/mol. The number of aromatic amines is 1. The number of nitrogens with zero attached hydrogens (tertiary/aromatic N) is 5. The zero-order valence-electron chi connectivity index (χ0n) is 25.6. The van der Waals surface area contributed by atoms with Crippen molar-refractivity contribution in [3.05, 3.63) is 89.6 Å². The molecule has 4 heterocycles. The van der Waals surface area contributed by atoms with E-state index in [1.165, 1.54) is 12.1 Å². The Morgan fingerprint density at radius 3 is 2.67 bits per heavy atom. The number of carbonyl (C=O) groups excluding carboxylic acids is 1. The van der Waals surface area contributed by atoms with E-state index >= 15 is 4.39 Å². The SMILES string of the molecule is CC(C)CC(=O)Nc1cncc(-c2ccc3c(c2F)C(c2nc4c(-c5cc(F)cc(NCCN(C)C)c5)nccc4[nH]2)=NC3)c1. The number of carbonyl (C=O) groups is 1. The molecule has 0 fully saturated rings. The van der Waals surface area contributed by atoms with Crippen molar-refractivity contribution in [3.63, 3.8) is 0 Å². The number of aromatic nitrogens is 4. The molecule has 0 unspecified atom stereocenters. The normalized spacial score (nSPS) is 12.6. The van der Waals surface area contributed by atoms with Crippen LogP contribution < -0.4 is 10.6 Å². The lowest BCUT2D eigenvalue weighted by Gasteiger charge is -2.12. The summed E-state index contributed by atoms with van der Waals surface area (Å²) in [6.45, 7) is 5.69. The summed E-state index contributed by atoms with van der Waals surface area (Å²) in [4.78, 5) is 35.8. The average Bonchev–Trinajstić information content (AvgIpc) is 3.61. The Labute approximate surface area is 259 Å². The van der Waals surface area contributed by atoms with Gasteiger partial charge >= 0.3 is 0 Å². The predicted octanol–water partition coefficient (Wildman–Crippen LogP) is 6.27. The van der Waals surface area contributed by atoms with Crippen LogP contribution in [0.4, 0.5) is 20.2 Å². The van der Waals surface area contributed by atoms with Crippen LogP contribution in [0.25, 0.3) is 33.4 Å². The fraction of sp³-hybridized carbons (Fsp3) is 0.265. The minimum Gasteiger partial charge on any atom is -0.384 e. The number of aliphatic imine (C=N–C) groups is 1. The van der Waals surface area contributed by atoms with Crippen molar-refractivity contribution in [1.82, 2.24) is 24.8 Å². The van der Waals surface area contributed by atoms with Gasteiger partial charge in [-0.1, -0.05) is 26.0 Å². The standard InChI is InChI=1S/C34H34F2N8O/c1-19(2)11-28(45)41-25-14-22(16-37-18-25)26-6-5-20-17-40-33(29(20)30(26)36)34-42-27-7-8-39-31(32(27)43-34)21-12-23(35)15-24(13-21)38-9-10-44(3)4/h5-8,12-16,18-19,38H,9-11,17H2,1-4H3,(H,41,45)(H,42,43). The molecule has 3 N–H and O–H groups in total. The van der Waals surface area contributed by atoms with Crippen LogP contribution >= 0.6 is 0 Å². The van der Waals surface area contributed by atoms with Gasteiger partial charge in [-0.3, -0.25) is 19.8 Å². The van der Waals surface area contributed by atoms with Gasteiger partial charge in [-0.2, -0.15) is 0 Å². The predicted molar refractivity (Wildman–Crippen MR) is 173 cm³/mol. The third-order valence-electron chi connectivity index (χ3n) is 7.48. The molecule has 2 aromatic carbocycles. The Balaban J connectivity index is 1.33. The molecule has 0 aliphatic carbocycles. The van der Waals surface area contributed by atoms with Gasteiger partial charge in [0.05, 0.1) is 29.6 Å². The number of hydrogen-bond acceptors (Lipinski definition) is 7. The third-order valence-corrected chi connectivity index (χ3v) is 7.48. The number of likely N-dealkylation sites (N-methyl/N-ethyl adjacent to an activating group) is 1. The lowest BCUT2D eigenvalue weighted by atomic mass is 9.97. The maximum absolute atomic E-state index is 16.3. The molecular formula is C34H34F2N8O. The fourth-order valence-corrected chi connectivity index (χ4v) is 5.41. The fourth-order valence-electron chi connectivity index (χ4n) is 5.41. The van der Waals surface area contributed by atoms with Gasteiger partial charge in [-0.25, -0.2) is 13.8 Å². The lowest BCUT2D eigenvalue weighted by Crippen LogP contribution is -2.20. The number of halogens is 2. The quantitative estimate of drug-likeness (QED) is 0.172. The van der Waals surface area contributed by atoms with Gasteiger partial charge in [0.2, 0.25) is 5.91 Å². The highest BCUT2D eigenvalue weighted by Gasteiger charge is 2.27. The van der Waals surface area contributed by atoms with Crippen LogP contribution in [0.3, 0.4) is 0 Å². The second-order valence-corrected chi connectivity index (χ2v) is 11.8. The summed E-state index contributed by atoms with van der Waals surface area (Å²) in [5, 5.41) is 6.10. The van der Waals surface area contributed by atoms with Crippen LogP contribution in [0.5, 0.6) is 0 Å². The van der Waals surface area contributed by atoms with E-state index in [9.17, 15) is 9.18 Å². The number of pyridine rings is 2. The molecule has 0 saturated heterocycles. The minimum atomic E-state index is -0.450. The molecule has 3 aromatic heterocycles. The Morgan fingerprint density at radius 2 is 1.87 bits per heavy atom. The van der Waals surface area contributed by atoms with Gasteiger partial charge in [-0.05, 0) is 55.9 Å². The zero-order chi connectivity index (χ0) is 31.7. The van der Waals surface area contributed by atoms with E-state index < -0.39 is 11.6 Å². The number of H-pyrrole nitrogens is 1. The maximum Gasteiger partial charge on any atom is 0.224 e. The van der Waals surface area contributed by atoms with Crippen LogP contribution in [0.15, 0.2) is 66.0 Å². The topological polar surface area (TPSA) is 111 Å². The van der Waals surface area contributed by atoms with Gasteiger partial charge in [-0.15, -0.1) is 0 Å². The van der Waals surface area contributed by atoms with Crippen molar-refractivity contribution >= 4 is 34.0 Å². The van der Waals surface area contributed by atoms with Crippen molar-refractivity contribution in [3.8, 4) is 22.4 Å². The van der Waals surface area contributed by atoms with Crippen molar-refractivity contribution in [2.24, 2.45) is 10.9 Å². The maximum atomic E-state index is 16.3. The minimum absolute atomic E-state index is 0.124. The van der Waals surface area contributed by atoms with E-state index in [1.807, 2.05) is 45.0 Å². The monoisotopic (exact) mass is 608 g/mol. The summed E-state index contributed by atoms with van der Waals surface area (Å²) in [6, 6.07) is 11.8. The Kier molecular flexibility index (Phi) is 8.36. The van der Waals surface area contributed by atoms with Crippen molar-refractivity contribution in [2.75, 3.05) is 37.8 Å². The summed E-state index contributed by atoms with van der Waals surface area (Å²) in [7, 11) is 3.95. The highest BCUT2D eigenvalue weighted by molar-refractivity contribution is 6.15. The second kappa shape index (κ2) is 12.5. The molecule has 1 aliphatic rings. The number of benzene rings is 2. The zero-order valence-corrected chi connectivity index (χ0v) is 25.6. The van der Waals surface area contributed by atoms with Crippen molar-refractivity contribution in [1.29, 1.82) is 0 Å². The number of hydrogen-bond donors (Lipinski definition) is 3. The molecule has 11 heteroatoms. The number of anilines is 2. The van der Waals surface area contributed by atoms with E-state index in [0.29, 0.717) is 81.4 Å². The molecule has 230 valence electrons. The first kappa shape index (κ1) is 30.0. The Bertz CT molecular complexity index is 1930. The summed E-state index contributed by atoms with van der Waals surface area (Å²) >= 11 is 0. The molecule has 1 aliphatic heterocycles. The van der Waals surface area contributed by atoms with Crippen LogP contribution in [0.2, 0.25) is 0 Å². The van der Waals surface area contributed by atoms with Crippen LogP contribution in [-0.4, -0.2) is 63.6 Å². The van der Waals surface area contributed by atoms with Gasteiger partial charge in [0, 0.05) is 59.8 Å². The average molecular weight is 609 g/mol. The second-order valence-electron chi connectivity index (χ2n) is 11.8. The largest absolute Gasteiger partial charge is 0.384 e. The summed E-state index contributed by atoms with van der Waals surface area (Å²) < 4.78 is 31.0. The molecule has 1 amide bonds. The first-order valence-electron chi connectivity index (χ1n) is 14.8. The van der Waals surface area contributed by atoms with E-state index in [1.54, 1.807) is 36.8 Å².